The van der Waals surface area contributed by atoms with Gasteiger partial charge in [-0.15, -0.1) is 0 Å². The van der Waals surface area contributed by atoms with Crippen molar-refractivity contribution in [1.29, 1.82) is 0 Å². The van der Waals surface area contributed by atoms with Gasteiger partial charge >= 0.3 is 0 Å². The van der Waals surface area contributed by atoms with Crippen LogP contribution in [0.25, 0.3) is 0 Å². The second-order valence-corrected chi connectivity index (χ2v) is 6.66. The van der Waals surface area contributed by atoms with E-state index in [4.69, 9.17) is 15.2 Å². The van der Waals surface area contributed by atoms with Gasteiger partial charge in [0.05, 0.1) is 13.2 Å². The number of rotatable bonds is 11. The Balaban J connectivity index is -0.000000420. The monoisotopic (exact) mass is 376 g/mol. The van der Waals surface area contributed by atoms with Crippen LogP contribution >= 0.6 is 0 Å². The molecule has 0 saturated heterocycles. The minimum atomic E-state index is -0.518. The molecule has 0 spiro atoms. The van der Waals surface area contributed by atoms with E-state index in [0.29, 0.717) is 37.2 Å². The molecule has 1 atom stereocenters. The number of hydrogen-bond donors (Lipinski definition) is 2. The van der Waals surface area contributed by atoms with E-state index in [0.717, 1.165) is 19.3 Å². The highest BCUT2D eigenvalue weighted by Gasteiger charge is 2.23. The van der Waals surface area contributed by atoms with Crippen molar-refractivity contribution in [2.45, 2.75) is 58.8 Å². The molecule has 26 heavy (non-hydrogen) atoms. The third kappa shape index (κ3) is 12.8. The number of ketones is 1. The van der Waals surface area contributed by atoms with Gasteiger partial charge in [-0.05, 0) is 19.3 Å². The smallest absolute Gasteiger partial charge is 0.243 e. The predicted octanol–water partition coefficient (Wildman–Crippen LogP) is 2.31. The van der Waals surface area contributed by atoms with Gasteiger partial charge in [0.15, 0.2) is 0 Å². The van der Waals surface area contributed by atoms with Crippen molar-refractivity contribution in [1.82, 2.24) is 5.32 Å². The Hall–Kier alpha value is -1.47. The fourth-order valence-corrected chi connectivity index (χ4v) is 2.71. The first kappa shape index (κ1) is 24.5. The van der Waals surface area contributed by atoms with E-state index < -0.39 is 5.91 Å². The number of Topliss-reactive ketones (excluding diaryl/α,β-unsaturated/α-hetero) is 1. The summed E-state index contributed by atoms with van der Waals surface area (Å²) in [6.45, 7) is 5.10. The predicted molar refractivity (Wildman–Crippen MR) is 105 cm³/mol. The van der Waals surface area contributed by atoms with E-state index in [9.17, 15) is 14.4 Å². The first-order valence-corrected chi connectivity index (χ1v) is 9.57. The SMILES string of the molecule is CCC(C)C(=O)C1CCCCC1.COCCC(=O)NCCOCC(N)=O.[HH].[HH]. The number of amides is 2. The van der Waals surface area contributed by atoms with Crippen molar-refractivity contribution in [3.05, 3.63) is 0 Å². The average molecular weight is 377 g/mol. The molecule has 2 amide bonds. The van der Waals surface area contributed by atoms with E-state index in [-0.39, 0.29) is 22.0 Å². The number of hydrogen-bond acceptors (Lipinski definition) is 5. The van der Waals surface area contributed by atoms with Crippen molar-refractivity contribution in [2.24, 2.45) is 17.6 Å². The van der Waals surface area contributed by atoms with Crippen LogP contribution < -0.4 is 11.1 Å². The summed E-state index contributed by atoms with van der Waals surface area (Å²) in [6, 6.07) is 0. The van der Waals surface area contributed by atoms with Gasteiger partial charge in [0, 0.05) is 34.8 Å². The average Bonchev–Trinajstić information content (AvgIpc) is 2.65. The van der Waals surface area contributed by atoms with Crippen LogP contribution in [-0.2, 0) is 23.9 Å². The third-order valence-electron chi connectivity index (χ3n) is 4.45. The van der Waals surface area contributed by atoms with Gasteiger partial charge < -0.3 is 20.5 Å². The largest absolute Gasteiger partial charge is 0.384 e. The molecule has 0 aromatic rings. The first-order valence-electron chi connectivity index (χ1n) is 9.57. The van der Waals surface area contributed by atoms with Crippen molar-refractivity contribution in [2.75, 3.05) is 33.5 Å². The lowest BCUT2D eigenvalue weighted by Gasteiger charge is -2.22. The number of carbonyl (C=O) groups is 3. The highest BCUT2D eigenvalue weighted by molar-refractivity contribution is 5.83. The molecule has 7 heteroatoms. The van der Waals surface area contributed by atoms with E-state index >= 15 is 0 Å². The quantitative estimate of drug-likeness (QED) is 0.538. The van der Waals surface area contributed by atoms with Crippen molar-refractivity contribution < 1.29 is 26.7 Å². The molecule has 156 valence electrons. The molecule has 1 aliphatic rings. The maximum atomic E-state index is 11.7. The summed E-state index contributed by atoms with van der Waals surface area (Å²) in [5.41, 5.74) is 4.83. The van der Waals surface area contributed by atoms with Crippen LogP contribution in [0.1, 0.15) is 61.6 Å². The zero-order valence-corrected chi connectivity index (χ0v) is 16.6. The molecule has 1 aliphatic carbocycles. The number of nitrogens with two attached hydrogens (primary N) is 1. The number of methoxy groups -OCH3 is 1. The Labute approximate surface area is 160 Å². The third-order valence-corrected chi connectivity index (χ3v) is 4.45. The van der Waals surface area contributed by atoms with Crippen LogP contribution in [0.5, 0.6) is 0 Å². The number of primary amides is 1. The first-order chi connectivity index (χ1) is 12.4. The number of carbonyl (C=O) groups excluding carboxylic acids is 3. The molecular formula is C19H40N2O5. The summed E-state index contributed by atoms with van der Waals surface area (Å²) in [5.74, 6) is 0.615. The Kier molecular flexibility index (Phi) is 14.9. The van der Waals surface area contributed by atoms with Crippen molar-refractivity contribution >= 4 is 17.6 Å². The van der Waals surface area contributed by atoms with Gasteiger partial charge in [-0.2, -0.15) is 0 Å². The van der Waals surface area contributed by atoms with Crippen LogP contribution in [0.4, 0.5) is 0 Å². The zero-order chi connectivity index (χ0) is 19.8. The Bertz CT molecular complexity index is 419. The molecule has 1 saturated carbocycles. The normalized spacial score (nSPS) is 15.5. The van der Waals surface area contributed by atoms with Gasteiger partial charge in [-0.1, -0.05) is 33.1 Å². The van der Waals surface area contributed by atoms with E-state index in [1.54, 1.807) is 0 Å². The minimum Gasteiger partial charge on any atom is -0.384 e. The fourth-order valence-electron chi connectivity index (χ4n) is 2.71. The van der Waals surface area contributed by atoms with Gasteiger partial charge in [0.1, 0.15) is 12.4 Å². The van der Waals surface area contributed by atoms with Gasteiger partial charge in [-0.3, -0.25) is 14.4 Å². The minimum absolute atomic E-state index is 0. The molecule has 0 heterocycles. The highest BCUT2D eigenvalue weighted by Crippen LogP contribution is 2.27. The van der Waals surface area contributed by atoms with E-state index in [1.807, 2.05) is 0 Å². The second-order valence-electron chi connectivity index (χ2n) is 6.66. The lowest BCUT2D eigenvalue weighted by Crippen LogP contribution is -2.29. The molecule has 1 fully saturated rings. The molecule has 0 bridgehead atoms. The Morgan fingerprint density at radius 3 is 2.38 bits per heavy atom. The van der Waals surface area contributed by atoms with Crippen LogP contribution in [0.15, 0.2) is 0 Å². The molecule has 1 unspecified atom stereocenters. The highest BCUT2D eigenvalue weighted by atomic mass is 16.5. The topological polar surface area (TPSA) is 108 Å². The maximum Gasteiger partial charge on any atom is 0.243 e. The van der Waals surface area contributed by atoms with Crippen LogP contribution in [0.3, 0.4) is 0 Å². The Morgan fingerprint density at radius 2 is 1.85 bits per heavy atom. The number of nitrogens with one attached hydrogen (secondary N) is 1. The molecule has 0 aromatic heterocycles. The summed E-state index contributed by atoms with van der Waals surface area (Å²) in [5, 5.41) is 2.60. The second kappa shape index (κ2) is 15.8. The molecular weight excluding hydrogens is 336 g/mol. The zero-order valence-electron chi connectivity index (χ0n) is 16.6. The summed E-state index contributed by atoms with van der Waals surface area (Å²) >= 11 is 0. The van der Waals surface area contributed by atoms with Crippen molar-refractivity contribution in [3.63, 3.8) is 0 Å². The molecule has 7 nitrogen and oxygen atoms in total. The summed E-state index contributed by atoms with van der Waals surface area (Å²) in [4.78, 5) is 32.9. The van der Waals surface area contributed by atoms with Crippen LogP contribution in [0, 0.1) is 11.8 Å². The lowest BCUT2D eigenvalue weighted by molar-refractivity contribution is -0.127. The number of ether oxygens (including phenoxy) is 2. The molecule has 0 aliphatic heterocycles. The fraction of sp³-hybridized carbons (Fsp3) is 0.842. The molecule has 0 radical (unpaired) electrons. The van der Waals surface area contributed by atoms with Crippen LogP contribution in [-0.4, -0.2) is 51.1 Å². The summed E-state index contributed by atoms with van der Waals surface area (Å²) < 4.78 is 9.55. The molecule has 0 aromatic carbocycles. The molecule has 3 N–H and O–H groups in total. The molecule has 1 rings (SSSR count). The van der Waals surface area contributed by atoms with Crippen LogP contribution in [0.2, 0.25) is 0 Å². The van der Waals surface area contributed by atoms with E-state index in [2.05, 4.69) is 19.2 Å². The Morgan fingerprint density at radius 1 is 1.19 bits per heavy atom. The maximum absolute atomic E-state index is 11.7. The summed E-state index contributed by atoms with van der Waals surface area (Å²) in [7, 11) is 1.53. The lowest BCUT2D eigenvalue weighted by atomic mass is 9.81. The van der Waals surface area contributed by atoms with Gasteiger partial charge in [-0.25, -0.2) is 0 Å². The van der Waals surface area contributed by atoms with Gasteiger partial charge in [0.25, 0.3) is 0 Å². The van der Waals surface area contributed by atoms with Crippen molar-refractivity contribution in [3.8, 4) is 0 Å². The summed E-state index contributed by atoms with van der Waals surface area (Å²) in [6.07, 6.45) is 7.53. The van der Waals surface area contributed by atoms with Gasteiger partial charge in [0.2, 0.25) is 11.8 Å². The standard InChI is InChI=1S/C11H20O.C8H16N2O4.2H2/c1-3-9(2)11(12)10-7-5-4-6-8-10;1-13-4-2-8(12)10-3-5-14-6-7(9)11;;/h9-10H,3-8H2,1-2H3;2-6H2,1H3,(H2,9,11)(H,10,12);2*1H. The van der Waals surface area contributed by atoms with E-state index in [1.165, 1.54) is 26.4 Å².